The fourth-order valence-corrected chi connectivity index (χ4v) is 3.20. The number of hydrogen-bond acceptors (Lipinski definition) is 0. The first-order valence-corrected chi connectivity index (χ1v) is 7.07. The summed E-state index contributed by atoms with van der Waals surface area (Å²) in [6.45, 7) is 0. The second-order valence-corrected chi connectivity index (χ2v) is 5.88. The van der Waals surface area contributed by atoms with Crippen LogP contribution >= 0.6 is 31.9 Å². The van der Waals surface area contributed by atoms with Gasteiger partial charge in [0.05, 0.1) is 0 Å². The smallest absolute Gasteiger partial charge is 0.127 e. The van der Waals surface area contributed by atoms with Crippen LogP contribution in [0.1, 0.15) is 24.8 Å². The molecule has 1 aliphatic rings. The molecular formula is C12H13Br2F. The molecule has 1 aliphatic carbocycles. The van der Waals surface area contributed by atoms with Crippen molar-refractivity contribution >= 4 is 31.9 Å². The maximum atomic E-state index is 13.6. The van der Waals surface area contributed by atoms with E-state index in [0.29, 0.717) is 5.41 Å². The van der Waals surface area contributed by atoms with E-state index in [1.807, 2.05) is 12.1 Å². The molecule has 0 nitrogen and oxygen atoms in total. The number of alkyl halides is 1. The minimum Gasteiger partial charge on any atom is -0.207 e. The average molecular weight is 336 g/mol. The van der Waals surface area contributed by atoms with Gasteiger partial charge in [0.2, 0.25) is 0 Å². The van der Waals surface area contributed by atoms with Gasteiger partial charge in [-0.05, 0) is 42.4 Å². The fraction of sp³-hybridized carbons (Fsp3) is 0.500. The predicted molar refractivity (Wildman–Crippen MR) is 67.9 cm³/mol. The van der Waals surface area contributed by atoms with Crippen molar-refractivity contribution in [1.82, 2.24) is 0 Å². The maximum absolute atomic E-state index is 13.6. The molecule has 15 heavy (non-hydrogen) atoms. The van der Waals surface area contributed by atoms with Gasteiger partial charge >= 0.3 is 0 Å². The summed E-state index contributed by atoms with van der Waals surface area (Å²) in [5.74, 6) is -0.0865. The van der Waals surface area contributed by atoms with Crippen molar-refractivity contribution in [3.05, 3.63) is 34.1 Å². The normalized spacial score (nSPS) is 18.6. The highest BCUT2D eigenvalue weighted by Gasteiger charge is 2.36. The molecule has 1 saturated carbocycles. The molecule has 0 unspecified atom stereocenters. The molecule has 3 heteroatoms. The molecule has 82 valence electrons. The van der Waals surface area contributed by atoms with Crippen LogP contribution in [0.2, 0.25) is 0 Å². The van der Waals surface area contributed by atoms with Gasteiger partial charge in [-0.3, -0.25) is 0 Å². The van der Waals surface area contributed by atoms with Crippen molar-refractivity contribution < 1.29 is 4.39 Å². The summed E-state index contributed by atoms with van der Waals surface area (Å²) in [6.07, 6.45) is 4.57. The van der Waals surface area contributed by atoms with Crippen LogP contribution in [0.5, 0.6) is 0 Å². The molecule has 1 fully saturated rings. The molecule has 0 atom stereocenters. The van der Waals surface area contributed by atoms with E-state index >= 15 is 0 Å². The molecule has 0 aliphatic heterocycles. The summed E-state index contributed by atoms with van der Waals surface area (Å²) in [6, 6.07) is 5.36. The molecular weight excluding hydrogens is 323 g/mol. The van der Waals surface area contributed by atoms with Crippen LogP contribution in [-0.2, 0) is 6.42 Å². The van der Waals surface area contributed by atoms with E-state index in [1.165, 1.54) is 19.3 Å². The Hall–Kier alpha value is 0.110. The van der Waals surface area contributed by atoms with Crippen molar-refractivity contribution in [1.29, 1.82) is 0 Å². The second-order valence-electron chi connectivity index (χ2n) is 4.40. The van der Waals surface area contributed by atoms with Gasteiger partial charge in [-0.1, -0.05) is 44.3 Å². The predicted octanol–water partition coefficient (Wildman–Crippen LogP) is 4.70. The molecule has 0 saturated heterocycles. The molecule has 0 amide bonds. The highest BCUT2D eigenvalue weighted by Crippen LogP contribution is 2.45. The third kappa shape index (κ3) is 2.44. The molecule has 1 aromatic carbocycles. The summed E-state index contributed by atoms with van der Waals surface area (Å²) in [5.41, 5.74) is 1.16. The highest BCUT2D eigenvalue weighted by molar-refractivity contribution is 9.10. The zero-order valence-electron chi connectivity index (χ0n) is 8.40. The summed E-state index contributed by atoms with van der Waals surface area (Å²) in [4.78, 5) is 0. The van der Waals surface area contributed by atoms with Crippen molar-refractivity contribution in [2.45, 2.75) is 25.7 Å². The van der Waals surface area contributed by atoms with Crippen LogP contribution in [0.3, 0.4) is 0 Å². The Labute approximate surface area is 107 Å². The first kappa shape index (κ1) is 11.6. The van der Waals surface area contributed by atoms with Crippen LogP contribution in [0, 0.1) is 11.2 Å². The molecule has 1 aromatic rings. The number of benzene rings is 1. The summed E-state index contributed by atoms with van der Waals surface area (Å²) in [7, 11) is 0. The minimum absolute atomic E-state index is 0.0865. The lowest BCUT2D eigenvalue weighted by Crippen LogP contribution is -2.33. The summed E-state index contributed by atoms with van der Waals surface area (Å²) in [5, 5.41) is 0.982. The third-order valence-electron chi connectivity index (χ3n) is 3.28. The Morgan fingerprint density at radius 3 is 2.53 bits per heavy atom. The Morgan fingerprint density at radius 2 is 2.07 bits per heavy atom. The Bertz CT molecular complexity index is 353. The number of hydrogen-bond donors (Lipinski definition) is 0. The van der Waals surface area contributed by atoms with Crippen LogP contribution < -0.4 is 0 Å². The van der Waals surface area contributed by atoms with Crippen molar-refractivity contribution in [2.24, 2.45) is 5.41 Å². The van der Waals surface area contributed by atoms with Gasteiger partial charge in [0.1, 0.15) is 5.82 Å². The van der Waals surface area contributed by atoms with E-state index in [1.54, 1.807) is 6.07 Å². The lowest BCUT2D eigenvalue weighted by molar-refractivity contribution is 0.168. The molecule has 0 spiro atoms. The topological polar surface area (TPSA) is 0 Å². The van der Waals surface area contributed by atoms with Crippen molar-refractivity contribution in [3.8, 4) is 0 Å². The first-order chi connectivity index (χ1) is 7.15. The molecule has 0 bridgehead atoms. The highest BCUT2D eigenvalue weighted by atomic mass is 79.9. The SMILES string of the molecule is Fc1cc(Br)ccc1CC1(CBr)CCC1. The van der Waals surface area contributed by atoms with Gasteiger partial charge in [-0.2, -0.15) is 0 Å². The summed E-state index contributed by atoms with van der Waals surface area (Å²) < 4.78 is 14.4. The number of rotatable bonds is 3. The lowest BCUT2D eigenvalue weighted by atomic mass is 9.67. The monoisotopic (exact) mass is 334 g/mol. The molecule has 2 rings (SSSR count). The second kappa shape index (κ2) is 4.54. The van der Waals surface area contributed by atoms with Gasteiger partial charge < -0.3 is 0 Å². The first-order valence-electron chi connectivity index (χ1n) is 5.15. The van der Waals surface area contributed by atoms with Crippen molar-refractivity contribution in [3.63, 3.8) is 0 Å². The largest absolute Gasteiger partial charge is 0.207 e. The van der Waals surface area contributed by atoms with E-state index in [2.05, 4.69) is 31.9 Å². The van der Waals surface area contributed by atoms with Crippen LogP contribution in [0.15, 0.2) is 22.7 Å². The third-order valence-corrected chi connectivity index (χ3v) is 4.96. The van der Waals surface area contributed by atoms with Crippen LogP contribution in [0.4, 0.5) is 4.39 Å². The quantitative estimate of drug-likeness (QED) is 0.702. The van der Waals surface area contributed by atoms with Crippen LogP contribution in [0.25, 0.3) is 0 Å². The molecule has 0 radical (unpaired) electrons. The van der Waals surface area contributed by atoms with Crippen LogP contribution in [-0.4, -0.2) is 5.33 Å². The van der Waals surface area contributed by atoms with E-state index in [4.69, 9.17) is 0 Å². The minimum atomic E-state index is -0.0865. The van der Waals surface area contributed by atoms with Gasteiger partial charge in [0.25, 0.3) is 0 Å². The maximum Gasteiger partial charge on any atom is 0.127 e. The Kier molecular flexibility index (Phi) is 3.51. The fourth-order valence-electron chi connectivity index (χ4n) is 2.10. The van der Waals surface area contributed by atoms with Crippen molar-refractivity contribution in [2.75, 3.05) is 5.33 Å². The lowest BCUT2D eigenvalue weighted by Gasteiger charge is -2.40. The van der Waals surface area contributed by atoms with E-state index in [9.17, 15) is 4.39 Å². The van der Waals surface area contributed by atoms with Gasteiger partial charge in [-0.25, -0.2) is 4.39 Å². The Balaban J connectivity index is 2.16. The van der Waals surface area contributed by atoms with Gasteiger partial charge in [-0.15, -0.1) is 0 Å². The molecule has 0 aromatic heterocycles. The number of halogens is 3. The van der Waals surface area contributed by atoms with E-state index < -0.39 is 0 Å². The zero-order valence-corrected chi connectivity index (χ0v) is 11.6. The van der Waals surface area contributed by atoms with Gasteiger partial charge in [0.15, 0.2) is 0 Å². The Morgan fingerprint density at radius 1 is 1.33 bits per heavy atom. The summed E-state index contributed by atoms with van der Waals surface area (Å²) >= 11 is 6.82. The standard InChI is InChI=1S/C12H13Br2F/c13-8-12(4-1-5-12)7-9-2-3-10(14)6-11(9)15/h2-3,6H,1,4-5,7-8H2. The average Bonchev–Trinajstić information content (AvgIpc) is 2.14. The molecule has 0 heterocycles. The van der Waals surface area contributed by atoms with Gasteiger partial charge in [0, 0.05) is 9.80 Å². The van der Waals surface area contributed by atoms with E-state index in [0.717, 1.165) is 21.8 Å². The zero-order chi connectivity index (χ0) is 10.9. The molecule has 0 N–H and O–H groups in total. The van der Waals surface area contributed by atoms with E-state index in [-0.39, 0.29) is 5.82 Å².